The zero-order valence-electron chi connectivity index (χ0n) is 10.2. The Bertz CT molecular complexity index is 543. The summed E-state index contributed by atoms with van der Waals surface area (Å²) in [5.74, 6) is 0.820. The van der Waals surface area contributed by atoms with Gasteiger partial charge >= 0.3 is 0 Å². The summed E-state index contributed by atoms with van der Waals surface area (Å²) in [6.45, 7) is 2.93. The Labute approximate surface area is 115 Å². The number of aryl methyl sites for hydroxylation is 1. The van der Waals surface area contributed by atoms with Crippen LogP contribution in [0.5, 0.6) is 5.75 Å². The molecule has 0 saturated carbocycles. The molecule has 2 rings (SSSR count). The third-order valence-electron chi connectivity index (χ3n) is 2.54. The molecule has 0 bridgehead atoms. The predicted molar refractivity (Wildman–Crippen MR) is 75.3 cm³/mol. The smallest absolute Gasteiger partial charge is 0.134 e. The standard InChI is InChI=1S/C14H15BrN2O/c1-10-5-6-14(13(15)7-10)18-9-12-4-2-3-11(8-16)17-12/h2-7H,8-9,16H2,1H3. The molecule has 1 aromatic carbocycles. The van der Waals surface area contributed by atoms with Crippen LogP contribution in [0.2, 0.25) is 0 Å². The number of aromatic nitrogens is 1. The molecule has 0 atom stereocenters. The molecular weight excluding hydrogens is 292 g/mol. The van der Waals surface area contributed by atoms with Crippen LogP contribution in [0.15, 0.2) is 40.9 Å². The lowest BCUT2D eigenvalue weighted by molar-refractivity contribution is 0.299. The molecular formula is C14H15BrN2O. The van der Waals surface area contributed by atoms with Gasteiger partial charge in [0, 0.05) is 6.54 Å². The molecule has 0 spiro atoms. The van der Waals surface area contributed by atoms with Gasteiger partial charge in [0.2, 0.25) is 0 Å². The van der Waals surface area contributed by atoms with Gasteiger partial charge in [-0.1, -0.05) is 12.1 Å². The summed E-state index contributed by atoms with van der Waals surface area (Å²) >= 11 is 3.48. The zero-order chi connectivity index (χ0) is 13.0. The molecule has 0 unspecified atom stereocenters. The van der Waals surface area contributed by atoms with E-state index in [9.17, 15) is 0 Å². The lowest BCUT2D eigenvalue weighted by Crippen LogP contribution is -2.04. The van der Waals surface area contributed by atoms with E-state index in [0.717, 1.165) is 21.6 Å². The number of nitrogens with zero attached hydrogens (tertiary/aromatic N) is 1. The van der Waals surface area contributed by atoms with Crippen molar-refractivity contribution in [3.63, 3.8) is 0 Å². The van der Waals surface area contributed by atoms with Crippen molar-refractivity contribution in [1.29, 1.82) is 0 Å². The maximum atomic E-state index is 5.73. The highest BCUT2D eigenvalue weighted by molar-refractivity contribution is 9.10. The van der Waals surface area contributed by atoms with Crippen LogP contribution in [0.25, 0.3) is 0 Å². The minimum Gasteiger partial charge on any atom is -0.486 e. The fraction of sp³-hybridized carbons (Fsp3) is 0.214. The molecule has 4 heteroatoms. The fourth-order valence-corrected chi connectivity index (χ4v) is 2.21. The van der Waals surface area contributed by atoms with Crippen LogP contribution in [0.4, 0.5) is 0 Å². The number of benzene rings is 1. The van der Waals surface area contributed by atoms with Gasteiger partial charge in [-0.2, -0.15) is 0 Å². The second kappa shape index (κ2) is 5.98. The first-order chi connectivity index (χ1) is 8.69. The maximum Gasteiger partial charge on any atom is 0.134 e. The average Bonchev–Trinajstić information content (AvgIpc) is 2.38. The third kappa shape index (κ3) is 3.31. The van der Waals surface area contributed by atoms with Crippen LogP contribution in [0, 0.1) is 6.92 Å². The molecule has 2 N–H and O–H groups in total. The Balaban J connectivity index is 2.06. The Hall–Kier alpha value is -1.39. The topological polar surface area (TPSA) is 48.1 Å². The lowest BCUT2D eigenvalue weighted by atomic mass is 10.2. The summed E-state index contributed by atoms with van der Waals surface area (Å²) in [6, 6.07) is 11.8. The molecule has 0 saturated heterocycles. The highest BCUT2D eigenvalue weighted by Gasteiger charge is 2.03. The van der Waals surface area contributed by atoms with Gasteiger partial charge in [0.15, 0.2) is 0 Å². The Morgan fingerprint density at radius 1 is 1.22 bits per heavy atom. The normalized spacial score (nSPS) is 10.4. The second-order valence-electron chi connectivity index (χ2n) is 4.05. The first-order valence-electron chi connectivity index (χ1n) is 5.73. The highest BCUT2D eigenvalue weighted by atomic mass is 79.9. The van der Waals surface area contributed by atoms with E-state index in [2.05, 4.69) is 20.9 Å². The second-order valence-corrected chi connectivity index (χ2v) is 4.90. The van der Waals surface area contributed by atoms with E-state index in [0.29, 0.717) is 13.2 Å². The summed E-state index contributed by atoms with van der Waals surface area (Å²) in [4.78, 5) is 4.39. The van der Waals surface area contributed by atoms with Gasteiger partial charge in [0.25, 0.3) is 0 Å². The molecule has 2 aromatic rings. The molecule has 18 heavy (non-hydrogen) atoms. The number of ether oxygens (including phenoxy) is 1. The maximum absolute atomic E-state index is 5.73. The molecule has 0 aliphatic rings. The molecule has 1 aromatic heterocycles. The monoisotopic (exact) mass is 306 g/mol. The largest absolute Gasteiger partial charge is 0.486 e. The average molecular weight is 307 g/mol. The van der Waals surface area contributed by atoms with Crippen LogP contribution in [0.3, 0.4) is 0 Å². The molecule has 0 fully saturated rings. The van der Waals surface area contributed by atoms with Crippen molar-refractivity contribution >= 4 is 15.9 Å². The van der Waals surface area contributed by atoms with E-state index in [1.165, 1.54) is 5.56 Å². The number of halogens is 1. The van der Waals surface area contributed by atoms with E-state index < -0.39 is 0 Å². The van der Waals surface area contributed by atoms with Gasteiger partial charge in [-0.25, -0.2) is 0 Å². The number of rotatable bonds is 4. The lowest BCUT2D eigenvalue weighted by Gasteiger charge is -2.09. The van der Waals surface area contributed by atoms with Crippen molar-refractivity contribution in [1.82, 2.24) is 4.98 Å². The van der Waals surface area contributed by atoms with Gasteiger partial charge < -0.3 is 10.5 Å². The van der Waals surface area contributed by atoms with Crippen molar-refractivity contribution < 1.29 is 4.74 Å². The minimum absolute atomic E-state index is 0.440. The minimum atomic E-state index is 0.440. The SMILES string of the molecule is Cc1ccc(OCc2cccc(CN)n2)c(Br)c1. The van der Waals surface area contributed by atoms with Crippen molar-refractivity contribution in [3.05, 3.63) is 57.8 Å². The van der Waals surface area contributed by atoms with Crippen LogP contribution in [0.1, 0.15) is 17.0 Å². The molecule has 0 radical (unpaired) electrons. The molecule has 0 amide bonds. The van der Waals surface area contributed by atoms with Gasteiger partial charge in [-0.3, -0.25) is 4.98 Å². The summed E-state index contributed by atoms with van der Waals surface area (Å²) in [5.41, 5.74) is 8.50. The number of hydrogen-bond acceptors (Lipinski definition) is 3. The van der Waals surface area contributed by atoms with Crippen LogP contribution >= 0.6 is 15.9 Å². The van der Waals surface area contributed by atoms with E-state index in [4.69, 9.17) is 10.5 Å². The first kappa shape index (κ1) is 13.1. The van der Waals surface area contributed by atoms with E-state index in [1.807, 2.05) is 43.3 Å². The number of nitrogens with two attached hydrogens (primary N) is 1. The molecule has 0 aliphatic heterocycles. The Morgan fingerprint density at radius 3 is 2.72 bits per heavy atom. The van der Waals surface area contributed by atoms with Crippen LogP contribution in [-0.4, -0.2) is 4.98 Å². The van der Waals surface area contributed by atoms with Gasteiger partial charge in [-0.15, -0.1) is 0 Å². The van der Waals surface area contributed by atoms with Crippen molar-refractivity contribution in [2.75, 3.05) is 0 Å². The van der Waals surface area contributed by atoms with Gasteiger partial charge in [0.05, 0.1) is 15.9 Å². The fourth-order valence-electron chi connectivity index (χ4n) is 1.60. The zero-order valence-corrected chi connectivity index (χ0v) is 11.8. The van der Waals surface area contributed by atoms with Gasteiger partial charge in [0.1, 0.15) is 12.4 Å². The summed E-state index contributed by atoms with van der Waals surface area (Å²) in [5, 5.41) is 0. The van der Waals surface area contributed by atoms with E-state index >= 15 is 0 Å². The number of pyridine rings is 1. The molecule has 3 nitrogen and oxygen atoms in total. The van der Waals surface area contributed by atoms with Gasteiger partial charge in [-0.05, 0) is 52.7 Å². The Kier molecular flexibility index (Phi) is 4.33. The third-order valence-corrected chi connectivity index (χ3v) is 3.16. The molecule has 1 heterocycles. The predicted octanol–water partition coefficient (Wildman–Crippen LogP) is 3.19. The van der Waals surface area contributed by atoms with Crippen LogP contribution < -0.4 is 10.5 Å². The Morgan fingerprint density at radius 2 is 2.00 bits per heavy atom. The number of hydrogen-bond donors (Lipinski definition) is 1. The molecule has 0 aliphatic carbocycles. The van der Waals surface area contributed by atoms with E-state index in [-0.39, 0.29) is 0 Å². The van der Waals surface area contributed by atoms with Crippen molar-refractivity contribution in [2.45, 2.75) is 20.1 Å². The summed E-state index contributed by atoms with van der Waals surface area (Å²) < 4.78 is 6.68. The first-order valence-corrected chi connectivity index (χ1v) is 6.52. The van der Waals surface area contributed by atoms with Crippen LogP contribution in [-0.2, 0) is 13.2 Å². The summed E-state index contributed by atoms with van der Waals surface area (Å²) in [7, 11) is 0. The quantitative estimate of drug-likeness (QED) is 0.943. The molecule has 94 valence electrons. The van der Waals surface area contributed by atoms with E-state index in [1.54, 1.807) is 0 Å². The summed E-state index contributed by atoms with van der Waals surface area (Å²) in [6.07, 6.45) is 0. The highest BCUT2D eigenvalue weighted by Crippen LogP contribution is 2.26. The van der Waals surface area contributed by atoms with Crippen molar-refractivity contribution in [2.24, 2.45) is 5.73 Å². The van der Waals surface area contributed by atoms with Crippen molar-refractivity contribution in [3.8, 4) is 5.75 Å².